The molecule has 25 heavy (non-hydrogen) atoms. The van der Waals surface area contributed by atoms with Crippen LogP contribution in [0.3, 0.4) is 0 Å². The number of benzene rings is 3. The number of hydrogen-bond donors (Lipinski definition) is 0. The molecule has 1 nitrogen and oxygen atoms in total. The van der Waals surface area contributed by atoms with Gasteiger partial charge in [0.25, 0.3) is 0 Å². The molecule has 0 aliphatic rings. The van der Waals surface area contributed by atoms with Gasteiger partial charge in [0, 0.05) is 17.1 Å². The van der Waals surface area contributed by atoms with E-state index in [1.807, 2.05) is 19.2 Å². The van der Waals surface area contributed by atoms with E-state index in [1.165, 1.54) is 16.7 Å². The maximum Gasteiger partial charge on any atom is 0.124 e. The lowest BCUT2D eigenvalue weighted by Gasteiger charge is -2.13. The van der Waals surface area contributed by atoms with Crippen LogP contribution in [0.5, 0.6) is 0 Å². The molecule has 4 rings (SSSR count). The quantitative estimate of drug-likeness (QED) is 0.367. The average Bonchev–Trinajstić information content (AvgIpc) is 2.58. The summed E-state index contributed by atoms with van der Waals surface area (Å²) in [7, 11) is 0. The van der Waals surface area contributed by atoms with Gasteiger partial charge in [0.05, 0.1) is 5.69 Å². The SMILES string of the molecule is Cc1cc(-c2nccc3c2ccc2c(C)cc(F)cc23)cc(C)c1C. The van der Waals surface area contributed by atoms with Crippen molar-refractivity contribution in [3.63, 3.8) is 0 Å². The third-order valence-electron chi connectivity index (χ3n) is 5.25. The molecule has 0 aliphatic heterocycles. The Balaban J connectivity index is 2.09. The van der Waals surface area contributed by atoms with Crippen molar-refractivity contribution in [1.29, 1.82) is 0 Å². The first-order valence-electron chi connectivity index (χ1n) is 8.51. The Bertz CT molecular complexity index is 1120. The number of aromatic nitrogens is 1. The molecule has 4 aromatic rings. The number of rotatable bonds is 1. The highest BCUT2D eigenvalue weighted by Crippen LogP contribution is 2.34. The van der Waals surface area contributed by atoms with Crippen LogP contribution in [0.1, 0.15) is 22.3 Å². The van der Waals surface area contributed by atoms with Crippen molar-refractivity contribution in [3.8, 4) is 11.3 Å². The molecule has 0 atom stereocenters. The summed E-state index contributed by atoms with van der Waals surface area (Å²) in [5.41, 5.74) is 6.85. The van der Waals surface area contributed by atoms with Crippen LogP contribution in [0.2, 0.25) is 0 Å². The zero-order valence-corrected chi connectivity index (χ0v) is 14.9. The molecule has 124 valence electrons. The molecule has 1 heterocycles. The molecule has 1 aromatic heterocycles. The molecule has 3 aromatic carbocycles. The van der Waals surface area contributed by atoms with Crippen LogP contribution >= 0.6 is 0 Å². The normalized spacial score (nSPS) is 11.4. The van der Waals surface area contributed by atoms with E-state index in [0.29, 0.717) is 0 Å². The molecular formula is C23H20FN. The zero-order valence-electron chi connectivity index (χ0n) is 14.9. The number of fused-ring (bicyclic) bond motifs is 3. The number of nitrogens with zero attached hydrogens (tertiary/aromatic N) is 1. The summed E-state index contributed by atoms with van der Waals surface area (Å²) in [6.07, 6.45) is 1.82. The van der Waals surface area contributed by atoms with Crippen LogP contribution in [0.25, 0.3) is 32.8 Å². The van der Waals surface area contributed by atoms with Crippen LogP contribution in [-0.2, 0) is 0 Å². The van der Waals surface area contributed by atoms with E-state index in [-0.39, 0.29) is 5.82 Å². The minimum absolute atomic E-state index is 0.196. The summed E-state index contributed by atoms with van der Waals surface area (Å²) in [5, 5.41) is 4.13. The van der Waals surface area contributed by atoms with Crippen molar-refractivity contribution in [2.45, 2.75) is 27.7 Å². The molecule has 0 amide bonds. The highest BCUT2D eigenvalue weighted by atomic mass is 19.1. The molecular weight excluding hydrogens is 309 g/mol. The van der Waals surface area contributed by atoms with Gasteiger partial charge in [-0.05, 0) is 96.4 Å². The predicted molar refractivity (Wildman–Crippen MR) is 104 cm³/mol. The monoisotopic (exact) mass is 329 g/mol. The Morgan fingerprint density at radius 2 is 1.36 bits per heavy atom. The summed E-state index contributed by atoms with van der Waals surface area (Å²) in [6.45, 7) is 8.35. The maximum absolute atomic E-state index is 14.0. The van der Waals surface area contributed by atoms with Crippen molar-refractivity contribution in [2.24, 2.45) is 0 Å². The largest absolute Gasteiger partial charge is 0.256 e. The van der Waals surface area contributed by atoms with Crippen molar-refractivity contribution in [1.82, 2.24) is 4.98 Å². The molecule has 0 bridgehead atoms. The van der Waals surface area contributed by atoms with Crippen LogP contribution in [0.4, 0.5) is 4.39 Å². The van der Waals surface area contributed by atoms with Gasteiger partial charge in [0.2, 0.25) is 0 Å². The van der Waals surface area contributed by atoms with E-state index in [9.17, 15) is 4.39 Å². The van der Waals surface area contributed by atoms with Crippen LogP contribution in [0.15, 0.2) is 48.7 Å². The van der Waals surface area contributed by atoms with E-state index in [4.69, 9.17) is 0 Å². The standard InChI is InChI=1S/C23H20FN/c1-13-9-17(10-14(2)16(13)4)23-21-6-5-19-15(3)11-18(24)12-22(19)20(21)7-8-25-23/h5-12H,1-4H3. The molecule has 2 heteroatoms. The first kappa shape index (κ1) is 15.8. The molecule has 0 saturated carbocycles. The molecule has 0 spiro atoms. The molecule has 0 N–H and O–H groups in total. The van der Waals surface area contributed by atoms with E-state index >= 15 is 0 Å². The second-order valence-electron chi connectivity index (χ2n) is 6.87. The number of hydrogen-bond acceptors (Lipinski definition) is 1. The Morgan fingerprint density at radius 3 is 2.08 bits per heavy atom. The predicted octanol–water partition coefficient (Wildman–Crippen LogP) is 6.43. The minimum Gasteiger partial charge on any atom is -0.256 e. The lowest BCUT2D eigenvalue weighted by molar-refractivity contribution is 0.629. The minimum atomic E-state index is -0.196. The van der Waals surface area contributed by atoms with E-state index in [2.05, 4.69) is 50.0 Å². The fourth-order valence-corrected chi connectivity index (χ4v) is 3.64. The Kier molecular flexibility index (Phi) is 3.57. The van der Waals surface area contributed by atoms with Crippen LogP contribution in [-0.4, -0.2) is 4.98 Å². The Hall–Kier alpha value is -2.74. The van der Waals surface area contributed by atoms with Crippen LogP contribution in [0, 0.1) is 33.5 Å². The van der Waals surface area contributed by atoms with Crippen molar-refractivity contribution >= 4 is 21.5 Å². The van der Waals surface area contributed by atoms with E-state index < -0.39 is 0 Å². The van der Waals surface area contributed by atoms with Gasteiger partial charge in [0.15, 0.2) is 0 Å². The lowest BCUT2D eigenvalue weighted by atomic mass is 9.94. The lowest BCUT2D eigenvalue weighted by Crippen LogP contribution is -1.92. The molecule has 0 radical (unpaired) electrons. The first-order valence-corrected chi connectivity index (χ1v) is 8.51. The fraction of sp³-hybridized carbons (Fsp3) is 0.174. The van der Waals surface area contributed by atoms with E-state index in [1.54, 1.807) is 12.1 Å². The van der Waals surface area contributed by atoms with Gasteiger partial charge < -0.3 is 0 Å². The zero-order chi connectivity index (χ0) is 17.7. The molecule has 0 fully saturated rings. The highest BCUT2D eigenvalue weighted by molar-refractivity contribution is 6.12. The number of halogens is 1. The van der Waals surface area contributed by atoms with Gasteiger partial charge in [0.1, 0.15) is 5.82 Å². The summed E-state index contributed by atoms with van der Waals surface area (Å²) in [6, 6.07) is 13.7. The van der Waals surface area contributed by atoms with Crippen molar-refractivity contribution in [3.05, 3.63) is 76.7 Å². The van der Waals surface area contributed by atoms with Gasteiger partial charge in [-0.25, -0.2) is 4.39 Å². The molecule has 0 saturated heterocycles. The van der Waals surface area contributed by atoms with Crippen LogP contribution < -0.4 is 0 Å². The second kappa shape index (κ2) is 5.66. The fourth-order valence-electron chi connectivity index (χ4n) is 3.64. The van der Waals surface area contributed by atoms with Gasteiger partial charge in [-0.2, -0.15) is 0 Å². The Morgan fingerprint density at radius 1 is 0.680 bits per heavy atom. The summed E-state index contributed by atoms with van der Waals surface area (Å²) < 4.78 is 14.0. The van der Waals surface area contributed by atoms with Gasteiger partial charge >= 0.3 is 0 Å². The van der Waals surface area contributed by atoms with Gasteiger partial charge in [-0.1, -0.05) is 12.1 Å². The maximum atomic E-state index is 14.0. The third kappa shape index (κ3) is 2.49. The average molecular weight is 329 g/mol. The smallest absolute Gasteiger partial charge is 0.124 e. The Labute approximate surface area is 147 Å². The highest BCUT2D eigenvalue weighted by Gasteiger charge is 2.11. The first-order chi connectivity index (χ1) is 12.0. The van der Waals surface area contributed by atoms with Gasteiger partial charge in [-0.3, -0.25) is 4.98 Å². The topological polar surface area (TPSA) is 12.9 Å². The summed E-state index contributed by atoms with van der Waals surface area (Å²) >= 11 is 0. The van der Waals surface area contributed by atoms with E-state index in [0.717, 1.165) is 38.4 Å². The number of pyridine rings is 1. The molecule has 0 unspecified atom stereocenters. The number of aryl methyl sites for hydroxylation is 3. The summed E-state index contributed by atoms with van der Waals surface area (Å²) in [4.78, 5) is 4.65. The molecule has 0 aliphatic carbocycles. The third-order valence-corrected chi connectivity index (χ3v) is 5.25. The van der Waals surface area contributed by atoms with Gasteiger partial charge in [-0.15, -0.1) is 0 Å². The second-order valence-corrected chi connectivity index (χ2v) is 6.87. The summed E-state index contributed by atoms with van der Waals surface area (Å²) in [5.74, 6) is -0.196. The van der Waals surface area contributed by atoms with Crippen molar-refractivity contribution in [2.75, 3.05) is 0 Å². The van der Waals surface area contributed by atoms with Crippen molar-refractivity contribution < 1.29 is 4.39 Å².